The van der Waals surface area contributed by atoms with Gasteiger partial charge in [0.2, 0.25) is 0 Å². The number of likely N-dealkylation sites (tertiary alicyclic amines) is 2. The molecule has 1 aromatic carbocycles. The van der Waals surface area contributed by atoms with E-state index in [2.05, 4.69) is 5.32 Å². The molecule has 38 heavy (non-hydrogen) atoms. The van der Waals surface area contributed by atoms with Gasteiger partial charge in [0.1, 0.15) is 30.6 Å². The molecule has 0 radical (unpaired) electrons. The van der Waals surface area contributed by atoms with Crippen LogP contribution in [0.25, 0.3) is 0 Å². The molecule has 2 amide bonds. The number of nitriles is 1. The van der Waals surface area contributed by atoms with Crippen LogP contribution in [0.4, 0.5) is 13.6 Å². The number of alkyl carbamates (subject to hydrolysis) is 1. The Bertz CT molecular complexity index is 1060. The van der Waals surface area contributed by atoms with Gasteiger partial charge < -0.3 is 25.0 Å². The predicted molar refractivity (Wildman–Crippen MR) is 137 cm³/mol. The van der Waals surface area contributed by atoms with Crippen LogP contribution in [0.1, 0.15) is 39.2 Å². The van der Waals surface area contributed by atoms with Gasteiger partial charge in [0, 0.05) is 25.2 Å². The van der Waals surface area contributed by atoms with E-state index in [1.54, 1.807) is 49.9 Å². The van der Waals surface area contributed by atoms with Gasteiger partial charge in [-0.1, -0.05) is 30.3 Å². The second-order valence-electron chi connectivity index (χ2n) is 10.7. The van der Waals surface area contributed by atoms with Gasteiger partial charge in [-0.25, -0.2) is 13.6 Å². The zero-order chi connectivity index (χ0) is 28.1. The summed E-state index contributed by atoms with van der Waals surface area (Å²) in [5, 5.41) is 31.6. The summed E-state index contributed by atoms with van der Waals surface area (Å²) in [6, 6.07) is 10.9. The first-order chi connectivity index (χ1) is 17.9. The maximum atomic E-state index is 13.8. The first-order valence-electron chi connectivity index (χ1n) is 12.7. The third kappa shape index (κ3) is 7.10. The summed E-state index contributed by atoms with van der Waals surface area (Å²) in [5.74, 6) is -1.56. The molecule has 3 N–H and O–H groups in total. The van der Waals surface area contributed by atoms with Crippen molar-refractivity contribution in [2.75, 3.05) is 26.2 Å². The molecule has 3 rings (SSSR count). The van der Waals surface area contributed by atoms with E-state index < -0.39 is 48.5 Å². The Morgan fingerprint density at radius 3 is 2.50 bits per heavy atom. The largest absolute Gasteiger partial charge is 0.475 e. The summed E-state index contributed by atoms with van der Waals surface area (Å²) in [6.07, 6.45) is -1.35. The average Bonchev–Trinajstić information content (AvgIpc) is 3.43. The van der Waals surface area contributed by atoms with Crippen molar-refractivity contribution in [3.63, 3.8) is 0 Å². The molecule has 4 atom stereocenters. The molecule has 9 nitrogen and oxygen atoms in total. The van der Waals surface area contributed by atoms with E-state index in [0.29, 0.717) is 19.4 Å². The van der Waals surface area contributed by atoms with E-state index in [-0.39, 0.29) is 31.7 Å². The van der Waals surface area contributed by atoms with E-state index >= 15 is 0 Å². The molecular weight excluding hydrogens is 497 g/mol. The van der Waals surface area contributed by atoms with Crippen molar-refractivity contribution in [1.29, 1.82) is 5.26 Å². The standard InChI is InChI=1S/C26H35BF2N4O5/c1-25(2,32-15-20(28)21(29)16-32)13-19(14-30)23(34)33-11-7-10-26(33,3)17-38-24(35)31-22(27(36)37)12-18-8-5-4-6-9-18/h4-6,8-9,13,20-22,36-37H,7,10-12,15-17H2,1-3H3,(H,31,35)/t20-,21+,22-,26?/m0/s1. The average molecular weight is 532 g/mol. The molecular formula is C26H35BF2N4O5. The van der Waals surface area contributed by atoms with Crippen LogP contribution in [0.3, 0.4) is 0 Å². The molecule has 0 saturated carbocycles. The Hall–Kier alpha value is -3.01. The van der Waals surface area contributed by atoms with E-state index in [9.17, 15) is 33.7 Å². The van der Waals surface area contributed by atoms with Crippen molar-refractivity contribution in [1.82, 2.24) is 15.1 Å². The van der Waals surface area contributed by atoms with Gasteiger partial charge in [0.25, 0.3) is 5.91 Å². The number of alkyl halides is 2. The Kier molecular flexibility index (Phi) is 9.52. The van der Waals surface area contributed by atoms with Crippen molar-refractivity contribution in [2.45, 2.75) is 69.4 Å². The van der Waals surface area contributed by atoms with Crippen molar-refractivity contribution in [3.05, 3.63) is 47.5 Å². The lowest BCUT2D eigenvalue weighted by Crippen LogP contribution is -2.52. The topological polar surface area (TPSA) is 126 Å². The molecule has 1 aromatic rings. The quantitative estimate of drug-likeness (QED) is 0.252. The fourth-order valence-electron chi connectivity index (χ4n) is 4.96. The Morgan fingerprint density at radius 2 is 1.92 bits per heavy atom. The van der Waals surface area contributed by atoms with Gasteiger partial charge in [-0.2, -0.15) is 5.26 Å². The smallest absolute Gasteiger partial charge is 0.447 e. The number of ether oxygens (including phenoxy) is 1. The molecule has 2 aliphatic heterocycles. The predicted octanol–water partition coefficient (Wildman–Crippen LogP) is 1.94. The van der Waals surface area contributed by atoms with E-state index in [4.69, 9.17) is 4.74 Å². The Balaban J connectivity index is 1.65. The maximum Gasteiger partial charge on any atom is 0.475 e. The molecule has 2 fully saturated rings. The number of hydrogen-bond donors (Lipinski definition) is 3. The van der Waals surface area contributed by atoms with Crippen LogP contribution in [0, 0.1) is 11.3 Å². The normalized spacial score (nSPS) is 25.1. The minimum absolute atomic E-state index is 0.129. The molecule has 2 saturated heterocycles. The van der Waals surface area contributed by atoms with Crippen LogP contribution >= 0.6 is 0 Å². The highest BCUT2D eigenvalue weighted by Gasteiger charge is 2.44. The van der Waals surface area contributed by atoms with E-state index in [0.717, 1.165) is 5.56 Å². The van der Waals surface area contributed by atoms with Gasteiger partial charge in [-0.15, -0.1) is 0 Å². The van der Waals surface area contributed by atoms with Crippen LogP contribution in [0.5, 0.6) is 0 Å². The number of hydrogen-bond acceptors (Lipinski definition) is 7. The lowest BCUT2D eigenvalue weighted by molar-refractivity contribution is -0.131. The minimum Gasteiger partial charge on any atom is -0.447 e. The maximum absolute atomic E-state index is 13.8. The molecule has 206 valence electrons. The van der Waals surface area contributed by atoms with Gasteiger partial charge >= 0.3 is 13.2 Å². The van der Waals surface area contributed by atoms with E-state index in [1.807, 2.05) is 12.1 Å². The number of halogens is 2. The highest BCUT2D eigenvalue weighted by Crippen LogP contribution is 2.32. The summed E-state index contributed by atoms with van der Waals surface area (Å²) < 4.78 is 32.9. The molecule has 0 bridgehead atoms. The van der Waals surface area contributed by atoms with Crippen molar-refractivity contribution < 1.29 is 33.2 Å². The van der Waals surface area contributed by atoms with Crippen molar-refractivity contribution >= 4 is 19.1 Å². The number of carbonyl (C=O) groups excluding carboxylic acids is 2. The van der Waals surface area contributed by atoms with Crippen molar-refractivity contribution in [2.24, 2.45) is 0 Å². The van der Waals surface area contributed by atoms with Gasteiger partial charge in [0.15, 0.2) is 0 Å². The molecule has 2 aliphatic rings. The Labute approximate surface area is 222 Å². The van der Waals surface area contributed by atoms with Crippen LogP contribution in [-0.2, 0) is 16.0 Å². The lowest BCUT2D eigenvalue weighted by atomic mass is 9.76. The minimum atomic E-state index is -1.81. The number of nitrogens with zero attached hydrogens (tertiary/aromatic N) is 3. The highest BCUT2D eigenvalue weighted by atomic mass is 19.2. The van der Waals surface area contributed by atoms with Gasteiger partial charge in [-0.3, -0.25) is 9.69 Å². The number of carbonyl (C=O) groups is 2. The van der Waals surface area contributed by atoms with Crippen LogP contribution < -0.4 is 5.32 Å². The zero-order valence-corrected chi connectivity index (χ0v) is 21.9. The molecule has 2 heterocycles. The summed E-state index contributed by atoms with van der Waals surface area (Å²) in [7, 11) is -1.81. The van der Waals surface area contributed by atoms with Crippen LogP contribution in [0.2, 0.25) is 0 Å². The fraction of sp³-hybridized carbons (Fsp3) is 0.577. The monoisotopic (exact) mass is 532 g/mol. The molecule has 0 aromatic heterocycles. The SMILES string of the molecule is CC(C)(C=C(C#N)C(=O)N1CCCC1(C)COC(=O)N[C@@H](Cc1ccccc1)B(O)O)N1C[C@@H](F)[C@@H](F)C1. The van der Waals surface area contributed by atoms with E-state index in [1.165, 1.54) is 11.0 Å². The number of nitrogens with one attached hydrogen (secondary N) is 1. The van der Waals surface area contributed by atoms with Crippen molar-refractivity contribution in [3.8, 4) is 6.07 Å². The molecule has 0 aliphatic carbocycles. The zero-order valence-electron chi connectivity index (χ0n) is 21.9. The molecule has 1 unspecified atom stereocenters. The third-order valence-corrected chi connectivity index (χ3v) is 7.32. The first-order valence-corrected chi connectivity index (χ1v) is 12.7. The fourth-order valence-corrected chi connectivity index (χ4v) is 4.96. The summed E-state index contributed by atoms with van der Waals surface area (Å²) in [6.45, 7) is 5.04. The number of amides is 2. The second kappa shape index (κ2) is 12.2. The van der Waals surface area contributed by atoms with Crippen LogP contribution in [0.15, 0.2) is 42.0 Å². The third-order valence-electron chi connectivity index (χ3n) is 7.32. The van der Waals surface area contributed by atoms with Crippen LogP contribution in [-0.4, -0.2) is 94.6 Å². The van der Waals surface area contributed by atoms with Gasteiger partial charge in [-0.05, 0) is 51.7 Å². The first kappa shape index (κ1) is 29.5. The second-order valence-corrected chi connectivity index (χ2v) is 10.7. The highest BCUT2D eigenvalue weighted by molar-refractivity contribution is 6.43. The number of rotatable bonds is 9. The lowest BCUT2D eigenvalue weighted by Gasteiger charge is -2.36. The Morgan fingerprint density at radius 1 is 1.29 bits per heavy atom. The summed E-state index contributed by atoms with van der Waals surface area (Å²) in [4.78, 5) is 28.9. The summed E-state index contributed by atoms with van der Waals surface area (Å²) >= 11 is 0. The number of benzene rings is 1. The van der Waals surface area contributed by atoms with Gasteiger partial charge in [0.05, 0.1) is 11.5 Å². The summed E-state index contributed by atoms with van der Waals surface area (Å²) in [5.41, 5.74) is -1.20. The molecule has 12 heteroatoms. The molecule has 0 spiro atoms.